The molecule has 0 fully saturated rings. The molecule has 6 heteroatoms. The fraction of sp³-hybridized carbons (Fsp3) is 0.200. The van der Waals surface area contributed by atoms with Gasteiger partial charge in [-0.1, -0.05) is 0 Å². The quantitative estimate of drug-likeness (QED) is 0.530. The van der Waals surface area contributed by atoms with Crippen molar-refractivity contribution < 1.29 is 10.0 Å². The smallest absolute Gasteiger partial charge is 0.423 e. The van der Waals surface area contributed by atoms with Gasteiger partial charge in [-0.25, -0.2) is 9.97 Å². The Kier molecular flexibility index (Phi) is 4.03. The van der Waals surface area contributed by atoms with Crippen molar-refractivity contribution in [2.45, 2.75) is 6.92 Å². The van der Waals surface area contributed by atoms with E-state index in [0.29, 0.717) is 11.2 Å². The molecule has 0 aromatic carbocycles. The first-order chi connectivity index (χ1) is 4.72. The van der Waals surface area contributed by atoms with Gasteiger partial charge in [-0.15, -0.1) is 12.4 Å². The molecule has 4 nitrogen and oxygen atoms in total. The Morgan fingerprint density at radius 2 is 2.09 bits per heavy atom. The average molecular weight is 174 g/mol. The van der Waals surface area contributed by atoms with E-state index in [9.17, 15) is 0 Å². The molecular weight excluding hydrogens is 166 g/mol. The standard InChI is InChI=1S/C5H7BN2O2.ClH/c1-4-5(6(9)10)2-7-3-8-4;/h2-3,9-10H,1H3;1H. The van der Waals surface area contributed by atoms with Crippen molar-refractivity contribution in [1.29, 1.82) is 0 Å². The first-order valence-electron chi connectivity index (χ1n) is 2.84. The van der Waals surface area contributed by atoms with Crippen LogP contribution in [0.15, 0.2) is 12.5 Å². The molecule has 1 heterocycles. The van der Waals surface area contributed by atoms with Crippen LogP contribution in [0.3, 0.4) is 0 Å². The van der Waals surface area contributed by atoms with Crippen molar-refractivity contribution in [2.24, 2.45) is 0 Å². The zero-order valence-electron chi connectivity index (χ0n) is 5.93. The van der Waals surface area contributed by atoms with Crippen molar-refractivity contribution >= 4 is 25.0 Å². The molecule has 0 unspecified atom stereocenters. The van der Waals surface area contributed by atoms with E-state index in [1.807, 2.05) is 0 Å². The van der Waals surface area contributed by atoms with Crippen molar-refractivity contribution in [1.82, 2.24) is 9.97 Å². The summed E-state index contributed by atoms with van der Waals surface area (Å²) in [5.74, 6) is 0. The summed E-state index contributed by atoms with van der Waals surface area (Å²) in [7, 11) is -1.47. The summed E-state index contributed by atoms with van der Waals surface area (Å²) in [6.45, 7) is 1.69. The van der Waals surface area contributed by atoms with Crippen molar-refractivity contribution in [3.63, 3.8) is 0 Å². The normalized spacial score (nSPS) is 8.64. The van der Waals surface area contributed by atoms with E-state index in [2.05, 4.69) is 9.97 Å². The largest absolute Gasteiger partial charge is 0.491 e. The van der Waals surface area contributed by atoms with E-state index < -0.39 is 7.12 Å². The van der Waals surface area contributed by atoms with Gasteiger partial charge >= 0.3 is 7.12 Å². The molecule has 1 aromatic rings. The molecule has 0 radical (unpaired) electrons. The van der Waals surface area contributed by atoms with Crippen LogP contribution in [-0.4, -0.2) is 27.1 Å². The fourth-order valence-electron chi connectivity index (χ4n) is 0.655. The first-order valence-corrected chi connectivity index (χ1v) is 2.84. The zero-order chi connectivity index (χ0) is 7.56. The molecule has 2 N–H and O–H groups in total. The fourth-order valence-corrected chi connectivity index (χ4v) is 0.655. The third-order valence-corrected chi connectivity index (χ3v) is 1.23. The van der Waals surface area contributed by atoms with Crippen molar-refractivity contribution in [2.75, 3.05) is 0 Å². The molecule has 1 rings (SSSR count). The Bertz CT molecular complexity index is 233. The number of hydrogen-bond acceptors (Lipinski definition) is 4. The Morgan fingerprint density at radius 1 is 1.45 bits per heavy atom. The van der Waals surface area contributed by atoms with E-state index in [-0.39, 0.29) is 12.4 Å². The lowest BCUT2D eigenvalue weighted by molar-refractivity contribution is 0.425. The maximum absolute atomic E-state index is 8.68. The molecule has 11 heavy (non-hydrogen) atoms. The van der Waals surface area contributed by atoms with Crippen LogP contribution in [0.25, 0.3) is 0 Å². The summed E-state index contributed by atoms with van der Waals surface area (Å²) in [6.07, 6.45) is 2.74. The number of nitrogens with zero attached hydrogens (tertiary/aromatic N) is 2. The second-order valence-electron chi connectivity index (χ2n) is 1.94. The minimum atomic E-state index is -1.47. The average Bonchev–Trinajstić information content (AvgIpc) is 1.88. The van der Waals surface area contributed by atoms with E-state index in [0.717, 1.165) is 0 Å². The molecule has 60 valence electrons. The van der Waals surface area contributed by atoms with Crippen molar-refractivity contribution in [3.05, 3.63) is 18.2 Å². The van der Waals surface area contributed by atoms with Crippen LogP contribution in [0.5, 0.6) is 0 Å². The minimum Gasteiger partial charge on any atom is -0.423 e. The Morgan fingerprint density at radius 3 is 2.45 bits per heavy atom. The van der Waals surface area contributed by atoms with Gasteiger partial charge < -0.3 is 10.0 Å². The highest BCUT2D eigenvalue weighted by Crippen LogP contribution is 1.84. The summed E-state index contributed by atoms with van der Waals surface area (Å²) >= 11 is 0. The van der Waals surface area contributed by atoms with Crippen LogP contribution < -0.4 is 5.46 Å². The predicted octanol–water partition coefficient (Wildman–Crippen LogP) is -1.11. The number of hydrogen-bond donors (Lipinski definition) is 2. The zero-order valence-corrected chi connectivity index (χ0v) is 6.75. The van der Waals surface area contributed by atoms with Gasteiger partial charge in [0.05, 0.1) is 0 Å². The summed E-state index contributed by atoms with van der Waals surface area (Å²) in [6, 6.07) is 0. The topological polar surface area (TPSA) is 66.2 Å². The lowest BCUT2D eigenvalue weighted by Gasteiger charge is -1.99. The molecule has 0 aliphatic heterocycles. The van der Waals surface area contributed by atoms with Gasteiger partial charge in [0.25, 0.3) is 0 Å². The van der Waals surface area contributed by atoms with Crippen LogP contribution in [0, 0.1) is 6.92 Å². The molecule has 0 saturated carbocycles. The predicted molar refractivity (Wildman–Crippen MR) is 43.8 cm³/mol. The summed E-state index contributed by atoms with van der Waals surface area (Å²) in [5, 5.41) is 17.4. The van der Waals surface area contributed by atoms with E-state index in [1.165, 1.54) is 12.5 Å². The van der Waals surface area contributed by atoms with Crippen LogP contribution in [0.2, 0.25) is 0 Å². The van der Waals surface area contributed by atoms with Gasteiger partial charge in [-0.05, 0) is 6.92 Å². The van der Waals surface area contributed by atoms with Gasteiger partial charge in [0, 0.05) is 17.4 Å². The lowest BCUT2D eigenvalue weighted by Crippen LogP contribution is -2.33. The van der Waals surface area contributed by atoms with E-state index in [1.54, 1.807) is 6.92 Å². The SMILES string of the molecule is Cc1ncncc1B(O)O.Cl. The van der Waals surface area contributed by atoms with Gasteiger partial charge in [-0.3, -0.25) is 0 Å². The Labute approximate surface area is 70.9 Å². The molecule has 0 atom stereocenters. The maximum atomic E-state index is 8.68. The van der Waals surface area contributed by atoms with E-state index >= 15 is 0 Å². The Balaban J connectivity index is 0.000001000. The monoisotopic (exact) mass is 174 g/mol. The number of aromatic nitrogens is 2. The second kappa shape index (κ2) is 4.28. The molecule has 1 aromatic heterocycles. The molecular formula is C5H8BClN2O2. The second-order valence-corrected chi connectivity index (χ2v) is 1.94. The van der Waals surface area contributed by atoms with Gasteiger partial charge in [-0.2, -0.15) is 0 Å². The number of aryl methyl sites for hydroxylation is 1. The van der Waals surface area contributed by atoms with Gasteiger partial charge in [0.2, 0.25) is 0 Å². The third kappa shape index (κ3) is 2.46. The molecule has 0 aliphatic rings. The van der Waals surface area contributed by atoms with Crippen LogP contribution in [0.1, 0.15) is 5.69 Å². The minimum absolute atomic E-state index is 0. The number of rotatable bonds is 1. The van der Waals surface area contributed by atoms with Gasteiger partial charge in [0.15, 0.2) is 0 Å². The van der Waals surface area contributed by atoms with Gasteiger partial charge in [0.1, 0.15) is 6.33 Å². The van der Waals surface area contributed by atoms with Crippen LogP contribution in [-0.2, 0) is 0 Å². The van der Waals surface area contributed by atoms with Crippen molar-refractivity contribution in [3.8, 4) is 0 Å². The summed E-state index contributed by atoms with van der Waals surface area (Å²) < 4.78 is 0. The summed E-state index contributed by atoms with van der Waals surface area (Å²) in [5.41, 5.74) is 0.938. The molecule has 0 aliphatic carbocycles. The maximum Gasteiger partial charge on any atom is 0.491 e. The molecule has 0 amide bonds. The van der Waals surface area contributed by atoms with Crippen LogP contribution >= 0.6 is 12.4 Å². The molecule has 0 bridgehead atoms. The highest BCUT2D eigenvalue weighted by atomic mass is 35.5. The third-order valence-electron chi connectivity index (χ3n) is 1.23. The highest BCUT2D eigenvalue weighted by molar-refractivity contribution is 6.58. The lowest BCUT2D eigenvalue weighted by atomic mass is 9.80. The summed E-state index contributed by atoms with van der Waals surface area (Å²) in [4.78, 5) is 7.40. The highest BCUT2D eigenvalue weighted by Gasteiger charge is 2.13. The van der Waals surface area contributed by atoms with Crippen LogP contribution in [0.4, 0.5) is 0 Å². The van der Waals surface area contributed by atoms with E-state index in [4.69, 9.17) is 10.0 Å². The number of halogens is 1. The Hall–Kier alpha value is -0.645. The molecule has 0 saturated heterocycles. The first kappa shape index (κ1) is 10.4. The molecule has 0 spiro atoms.